The van der Waals surface area contributed by atoms with Crippen LogP contribution in [0.15, 0.2) is 29.8 Å². The summed E-state index contributed by atoms with van der Waals surface area (Å²) < 4.78 is 10.2. The standard InChI is InChI=1S/C17H22O4/c1-5-14-7-9-15(10-8-14)11-16(6-2)17(20-12(3)18)21-13(4)19/h7-11,17H,5-6H2,1-4H3/b16-11+. The smallest absolute Gasteiger partial charge is 0.305 e. The number of esters is 2. The molecule has 0 radical (unpaired) electrons. The predicted molar refractivity (Wildman–Crippen MR) is 81.4 cm³/mol. The third kappa shape index (κ3) is 5.81. The molecule has 0 bridgehead atoms. The van der Waals surface area contributed by atoms with Crippen LogP contribution in [0.5, 0.6) is 0 Å². The van der Waals surface area contributed by atoms with Gasteiger partial charge in [-0.15, -0.1) is 0 Å². The van der Waals surface area contributed by atoms with E-state index in [0.717, 1.165) is 17.6 Å². The maximum atomic E-state index is 11.2. The Kier molecular flexibility index (Phi) is 6.66. The van der Waals surface area contributed by atoms with Crippen LogP contribution < -0.4 is 0 Å². The highest BCUT2D eigenvalue weighted by Gasteiger charge is 2.19. The summed E-state index contributed by atoms with van der Waals surface area (Å²) >= 11 is 0. The average Bonchev–Trinajstić information content (AvgIpc) is 2.43. The van der Waals surface area contributed by atoms with Gasteiger partial charge in [-0.25, -0.2) is 0 Å². The third-order valence-electron chi connectivity index (χ3n) is 3.00. The van der Waals surface area contributed by atoms with Crippen molar-refractivity contribution in [1.82, 2.24) is 0 Å². The Bertz CT molecular complexity index is 498. The van der Waals surface area contributed by atoms with Gasteiger partial charge in [-0.05, 0) is 30.0 Å². The van der Waals surface area contributed by atoms with E-state index in [1.807, 2.05) is 37.3 Å². The molecule has 0 unspecified atom stereocenters. The van der Waals surface area contributed by atoms with Crippen LogP contribution in [0.1, 0.15) is 45.2 Å². The Labute approximate surface area is 125 Å². The highest BCUT2D eigenvalue weighted by molar-refractivity contribution is 5.69. The van der Waals surface area contributed by atoms with E-state index in [4.69, 9.17) is 9.47 Å². The molecule has 0 saturated carbocycles. The Hall–Kier alpha value is -2.10. The molecule has 0 fully saturated rings. The van der Waals surface area contributed by atoms with Gasteiger partial charge in [0.05, 0.1) is 0 Å². The molecule has 4 nitrogen and oxygen atoms in total. The third-order valence-corrected chi connectivity index (χ3v) is 3.00. The highest BCUT2D eigenvalue weighted by Crippen LogP contribution is 2.18. The first-order valence-electron chi connectivity index (χ1n) is 7.10. The molecule has 0 saturated heterocycles. The predicted octanol–water partition coefficient (Wildman–Crippen LogP) is 3.49. The van der Waals surface area contributed by atoms with Gasteiger partial charge in [0.15, 0.2) is 0 Å². The number of carbonyl (C=O) groups excluding carboxylic acids is 2. The molecule has 0 aliphatic rings. The summed E-state index contributed by atoms with van der Waals surface area (Å²) in [6.45, 7) is 6.60. The molecule has 0 heterocycles. The molecule has 21 heavy (non-hydrogen) atoms. The molecular weight excluding hydrogens is 268 g/mol. The molecule has 0 amide bonds. The topological polar surface area (TPSA) is 52.6 Å². The lowest BCUT2D eigenvalue weighted by Gasteiger charge is -2.19. The van der Waals surface area contributed by atoms with Crippen molar-refractivity contribution in [3.8, 4) is 0 Å². The lowest BCUT2D eigenvalue weighted by Crippen LogP contribution is -2.24. The second kappa shape index (κ2) is 8.25. The van der Waals surface area contributed by atoms with Gasteiger partial charge in [0, 0.05) is 19.4 Å². The first-order chi connectivity index (χ1) is 9.96. The molecule has 1 aromatic rings. The van der Waals surface area contributed by atoms with E-state index >= 15 is 0 Å². The fourth-order valence-electron chi connectivity index (χ4n) is 1.88. The summed E-state index contributed by atoms with van der Waals surface area (Å²) in [7, 11) is 0. The normalized spacial score (nSPS) is 11.4. The Balaban J connectivity index is 3.01. The van der Waals surface area contributed by atoms with Gasteiger partial charge in [-0.2, -0.15) is 0 Å². The number of benzene rings is 1. The number of ether oxygens (including phenoxy) is 2. The SMILES string of the molecule is CC/C(=C\c1ccc(CC)cc1)C(OC(C)=O)OC(C)=O. The Morgan fingerprint density at radius 3 is 1.95 bits per heavy atom. The van der Waals surface area contributed by atoms with Crippen molar-refractivity contribution in [1.29, 1.82) is 0 Å². The van der Waals surface area contributed by atoms with E-state index < -0.39 is 18.2 Å². The molecule has 0 N–H and O–H groups in total. The minimum Gasteiger partial charge on any atom is -0.421 e. The Morgan fingerprint density at radius 2 is 1.57 bits per heavy atom. The zero-order valence-electron chi connectivity index (χ0n) is 13.0. The molecule has 0 aromatic heterocycles. The van der Waals surface area contributed by atoms with E-state index in [1.165, 1.54) is 19.4 Å². The van der Waals surface area contributed by atoms with Crippen molar-refractivity contribution in [2.75, 3.05) is 0 Å². The molecule has 1 rings (SSSR count). The van der Waals surface area contributed by atoms with Gasteiger partial charge < -0.3 is 9.47 Å². The Morgan fingerprint density at radius 1 is 1.05 bits per heavy atom. The number of carbonyl (C=O) groups is 2. The van der Waals surface area contributed by atoms with Gasteiger partial charge in [0.2, 0.25) is 0 Å². The molecule has 0 spiro atoms. The molecule has 0 aliphatic heterocycles. The molecular formula is C17H22O4. The molecule has 0 aliphatic carbocycles. The van der Waals surface area contributed by atoms with Crippen LogP contribution in [0.3, 0.4) is 0 Å². The molecule has 1 aromatic carbocycles. The zero-order chi connectivity index (χ0) is 15.8. The van der Waals surface area contributed by atoms with E-state index in [9.17, 15) is 9.59 Å². The first kappa shape index (κ1) is 17.0. The van der Waals surface area contributed by atoms with Crippen LogP contribution in [0, 0.1) is 0 Å². The average molecular weight is 290 g/mol. The fraction of sp³-hybridized carbons (Fsp3) is 0.412. The number of aryl methyl sites for hydroxylation is 1. The van der Waals surface area contributed by atoms with Gasteiger partial charge in [0.1, 0.15) is 0 Å². The van der Waals surface area contributed by atoms with Crippen molar-refractivity contribution < 1.29 is 19.1 Å². The summed E-state index contributed by atoms with van der Waals surface area (Å²) in [5.74, 6) is -0.969. The minimum absolute atomic E-state index is 0.484. The molecule has 4 heteroatoms. The van der Waals surface area contributed by atoms with Crippen LogP contribution in [0.2, 0.25) is 0 Å². The van der Waals surface area contributed by atoms with Crippen molar-refractivity contribution in [3.05, 3.63) is 41.0 Å². The van der Waals surface area contributed by atoms with E-state index in [1.54, 1.807) is 0 Å². The van der Waals surface area contributed by atoms with Gasteiger partial charge in [-0.3, -0.25) is 9.59 Å². The van der Waals surface area contributed by atoms with Crippen molar-refractivity contribution in [3.63, 3.8) is 0 Å². The number of rotatable bonds is 6. The van der Waals surface area contributed by atoms with Gasteiger partial charge >= 0.3 is 11.9 Å². The van der Waals surface area contributed by atoms with Crippen molar-refractivity contribution >= 4 is 18.0 Å². The lowest BCUT2D eigenvalue weighted by molar-refractivity contribution is -0.178. The van der Waals surface area contributed by atoms with Gasteiger partial charge in [-0.1, -0.05) is 38.1 Å². The quantitative estimate of drug-likeness (QED) is 0.594. The summed E-state index contributed by atoms with van der Waals surface area (Å²) in [6, 6.07) is 8.08. The van der Waals surface area contributed by atoms with Crippen LogP contribution in [-0.4, -0.2) is 18.2 Å². The van der Waals surface area contributed by atoms with Crippen molar-refractivity contribution in [2.24, 2.45) is 0 Å². The van der Waals surface area contributed by atoms with Crippen molar-refractivity contribution in [2.45, 2.75) is 46.8 Å². The second-order valence-electron chi connectivity index (χ2n) is 4.72. The maximum absolute atomic E-state index is 11.2. The fourth-order valence-corrected chi connectivity index (χ4v) is 1.88. The molecule has 0 atom stereocenters. The van der Waals surface area contributed by atoms with Gasteiger partial charge in [0.25, 0.3) is 6.29 Å². The summed E-state index contributed by atoms with van der Waals surface area (Å²) in [5.41, 5.74) is 2.97. The first-order valence-corrected chi connectivity index (χ1v) is 7.10. The second-order valence-corrected chi connectivity index (χ2v) is 4.72. The zero-order valence-corrected chi connectivity index (χ0v) is 13.0. The summed E-state index contributed by atoms with van der Waals surface area (Å²) in [5, 5.41) is 0. The maximum Gasteiger partial charge on any atom is 0.305 e. The largest absolute Gasteiger partial charge is 0.421 e. The van der Waals surface area contributed by atoms with Crippen LogP contribution >= 0.6 is 0 Å². The summed E-state index contributed by atoms with van der Waals surface area (Å²) in [4.78, 5) is 22.3. The van der Waals surface area contributed by atoms with Crippen LogP contribution in [0.25, 0.3) is 6.08 Å². The minimum atomic E-state index is -0.962. The van der Waals surface area contributed by atoms with E-state index in [2.05, 4.69) is 6.92 Å². The number of hydrogen-bond acceptors (Lipinski definition) is 4. The van der Waals surface area contributed by atoms with Crippen LogP contribution in [-0.2, 0) is 25.5 Å². The highest BCUT2D eigenvalue weighted by atomic mass is 16.7. The van der Waals surface area contributed by atoms with E-state index in [-0.39, 0.29) is 0 Å². The monoisotopic (exact) mass is 290 g/mol. The lowest BCUT2D eigenvalue weighted by atomic mass is 10.1. The summed E-state index contributed by atoms with van der Waals surface area (Å²) in [6.07, 6.45) is 2.51. The van der Waals surface area contributed by atoms with Crippen LogP contribution in [0.4, 0.5) is 0 Å². The van der Waals surface area contributed by atoms with E-state index in [0.29, 0.717) is 6.42 Å². The number of hydrogen-bond donors (Lipinski definition) is 0. The molecule has 114 valence electrons.